The molecule has 0 saturated heterocycles. The van der Waals surface area contributed by atoms with E-state index in [4.69, 9.17) is 0 Å². The van der Waals surface area contributed by atoms with Crippen LogP contribution in [0.25, 0.3) is 0 Å². The fourth-order valence-corrected chi connectivity index (χ4v) is 1.47. The highest BCUT2D eigenvalue weighted by Gasteiger charge is 2.09. The minimum Gasteiger partial charge on any atom is -0.356 e. The quantitative estimate of drug-likeness (QED) is 0.605. The second-order valence-corrected chi connectivity index (χ2v) is 4.21. The van der Waals surface area contributed by atoms with Crippen molar-refractivity contribution in [3.8, 4) is 0 Å². The van der Waals surface area contributed by atoms with E-state index >= 15 is 0 Å². The van der Waals surface area contributed by atoms with Crippen molar-refractivity contribution in [2.45, 2.75) is 26.7 Å². The van der Waals surface area contributed by atoms with Gasteiger partial charge in [-0.1, -0.05) is 6.92 Å². The summed E-state index contributed by atoms with van der Waals surface area (Å²) in [6.07, 6.45) is 0.633. The van der Waals surface area contributed by atoms with Crippen molar-refractivity contribution in [2.75, 3.05) is 11.9 Å². The number of anilines is 1. The zero-order valence-electron chi connectivity index (χ0n) is 11.2. The Morgan fingerprint density at radius 1 is 1.05 bits per heavy atom. The molecule has 0 spiro atoms. The number of benzene rings is 1. The number of Topliss-reactive ketones (excluding diaryl/α,β-unsaturated/α-hetero) is 1. The molecule has 5 heteroatoms. The maximum Gasteiger partial charge on any atom is 0.233 e. The summed E-state index contributed by atoms with van der Waals surface area (Å²) >= 11 is 0. The maximum absolute atomic E-state index is 11.6. The average molecular weight is 262 g/mol. The Morgan fingerprint density at radius 2 is 1.68 bits per heavy atom. The SMILES string of the molecule is CCCNC(=O)CC(=O)Nc1ccc(C(C)=O)cc1. The zero-order valence-corrected chi connectivity index (χ0v) is 11.2. The molecule has 0 bridgehead atoms. The summed E-state index contributed by atoms with van der Waals surface area (Å²) in [5.41, 5.74) is 1.15. The lowest BCUT2D eigenvalue weighted by Crippen LogP contribution is -2.28. The largest absolute Gasteiger partial charge is 0.356 e. The Kier molecular flexibility index (Phi) is 5.73. The van der Waals surface area contributed by atoms with Gasteiger partial charge in [-0.25, -0.2) is 0 Å². The molecule has 1 rings (SSSR count). The van der Waals surface area contributed by atoms with E-state index < -0.39 is 0 Å². The Morgan fingerprint density at radius 3 is 2.21 bits per heavy atom. The first kappa shape index (κ1) is 14.9. The number of carbonyl (C=O) groups excluding carboxylic acids is 3. The van der Waals surface area contributed by atoms with Gasteiger partial charge in [-0.3, -0.25) is 14.4 Å². The van der Waals surface area contributed by atoms with Crippen LogP contribution in [0.5, 0.6) is 0 Å². The van der Waals surface area contributed by atoms with Gasteiger partial charge in [0.1, 0.15) is 6.42 Å². The second kappa shape index (κ2) is 7.31. The predicted octanol–water partition coefficient (Wildman–Crippen LogP) is 1.74. The predicted molar refractivity (Wildman–Crippen MR) is 73.0 cm³/mol. The maximum atomic E-state index is 11.6. The summed E-state index contributed by atoms with van der Waals surface area (Å²) in [5, 5.41) is 5.23. The molecular formula is C14H18N2O3. The van der Waals surface area contributed by atoms with Crippen molar-refractivity contribution in [1.82, 2.24) is 5.32 Å². The highest BCUT2D eigenvalue weighted by atomic mass is 16.2. The molecule has 1 aromatic carbocycles. The highest BCUT2D eigenvalue weighted by molar-refractivity contribution is 6.03. The molecule has 19 heavy (non-hydrogen) atoms. The van der Waals surface area contributed by atoms with Crippen LogP contribution in [-0.2, 0) is 9.59 Å². The van der Waals surface area contributed by atoms with E-state index in [1.807, 2.05) is 6.92 Å². The normalized spacial score (nSPS) is 9.79. The third-order valence-electron chi connectivity index (χ3n) is 2.47. The zero-order chi connectivity index (χ0) is 14.3. The molecule has 2 amide bonds. The molecule has 0 fully saturated rings. The van der Waals surface area contributed by atoms with Gasteiger partial charge in [0.25, 0.3) is 0 Å². The van der Waals surface area contributed by atoms with Gasteiger partial charge in [-0.2, -0.15) is 0 Å². The van der Waals surface area contributed by atoms with Gasteiger partial charge in [0.15, 0.2) is 5.78 Å². The fourth-order valence-electron chi connectivity index (χ4n) is 1.47. The van der Waals surface area contributed by atoms with Gasteiger partial charge in [-0.05, 0) is 37.6 Å². The molecule has 0 aromatic heterocycles. The number of hydrogen-bond donors (Lipinski definition) is 2. The third kappa shape index (κ3) is 5.33. The third-order valence-corrected chi connectivity index (χ3v) is 2.47. The van der Waals surface area contributed by atoms with E-state index in [0.29, 0.717) is 17.8 Å². The van der Waals surface area contributed by atoms with Crippen molar-refractivity contribution in [1.29, 1.82) is 0 Å². The molecule has 0 heterocycles. The van der Waals surface area contributed by atoms with Crippen LogP contribution in [-0.4, -0.2) is 24.1 Å². The van der Waals surface area contributed by atoms with Crippen LogP contribution in [0.3, 0.4) is 0 Å². The lowest BCUT2D eigenvalue weighted by Gasteiger charge is -2.06. The molecule has 0 unspecified atom stereocenters. The van der Waals surface area contributed by atoms with Crippen LogP contribution in [0, 0.1) is 0 Å². The molecule has 0 saturated carbocycles. The fraction of sp³-hybridized carbons (Fsp3) is 0.357. The first-order chi connectivity index (χ1) is 9.02. The topological polar surface area (TPSA) is 75.3 Å². The van der Waals surface area contributed by atoms with Crippen LogP contribution < -0.4 is 10.6 Å². The van der Waals surface area contributed by atoms with Gasteiger partial charge < -0.3 is 10.6 Å². The van der Waals surface area contributed by atoms with Gasteiger partial charge in [-0.15, -0.1) is 0 Å². The number of ketones is 1. The lowest BCUT2D eigenvalue weighted by atomic mass is 10.1. The highest BCUT2D eigenvalue weighted by Crippen LogP contribution is 2.10. The Labute approximate surface area is 112 Å². The van der Waals surface area contributed by atoms with Crippen molar-refractivity contribution >= 4 is 23.3 Å². The Hall–Kier alpha value is -2.17. The van der Waals surface area contributed by atoms with Gasteiger partial charge in [0, 0.05) is 17.8 Å². The summed E-state index contributed by atoms with van der Waals surface area (Å²) in [4.78, 5) is 34.0. The van der Waals surface area contributed by atoms with E-state index in [0.717, 1.165) is 6.42 Å². The molecule has 1 aromatic rings. The summed E-state index contributed by atoms with van der Waals surface area (Å²) in [6.45, 7) is 3.99. The van der Waals surface area contributed by atoms with Crippen molar-refractivity contribution < 1.29 is 14.4 Å². The number of nitrogens with one attached hydrogen (secondary N) is 2. The van der Waals surface area contributed by atoms with Crippen molar-refractivity contribution in [2.24, 2.45) is 0 Å². The standard InChI is InChI=1S/C14H18N2O3/c1-3-8-15-13(18)9-14(19)16-12-6-4-11(5-7-12)10(2)17/h4-7H,3,8-9H2,1-2H3,(H,15,18)(H,16,19). The number of rotatable bonds is 6. The number of amides is 2. The number of hydrogen-bond acceptors (Lipinski definition) is 3. The van der Waals surface area contributed by atoms with Gasteiger partial charge in [0.05, 0.1) is 0 Å². The molecular weight excluding hydrogens is 244 g/mol. The molecule has 102 valence electrons. The van der Waals surface area contributed by atoms with Crippen LogP contribution in [0.2, 0.25) is 0 Å². The summed E-state index contributed by atoms with van der Waals surface area (Å²) in [7, 11) is 0. The minimum atomic E-state index is -0.371. The molecule has 0 aliphatic carbocycles. The van der Waals surface area contributed by atoms with Gasteiger partial charge in [0.2, 0.25) is 11.8 Å². The second-order valence-electron chi connectivity index (χ2n) is 4.21. The van der Waals surface area contributed by atoms with E-state index in [-0.39, 0.29) is 24.0 Å². The minimum absolute atomic E-state index is 0.0307. The molecule has 0 radical (unpaired) electrons. The Bertz CT molecular complexity index is 466. The van der Waals surface area contributed by atoms with E-state index in [2.05, 4.69) is 10.6 Å². The van der Waals surface area contributed by atoms with Crippen LogP contribution in [0.4, 0.5) is 5.69 Å². The molecule has 2 N–H and O–H groups in total. The van der Waals surface area contributed by atoms with Crippen LogP contribution in [0.15, 0.2) is 24.3 Å². The van der Waals surface area contributed by atoms with Gasteiger partial charge >= 0.3 is 0 Å². The summed E-state index contributed by atoms with van der Waals surface area (Å²) < 4.78 is 0. The molecule has 0 aliphatic rings. The summed E-state index contributed by atoms with van der Waals surface area (Å²) in [6, 6.07) is 6.54. The molecule has 0 atom stereocenters. The first-order valence-electron chi connectivity index (χ1n) is 6.20. The first-order valence-corrected chi connectivity index (χ1v) is 6.20. The monoisotopic (exact) mass is 262 g/mol. The van der Waals surface area contributed by atoms with Crippen molar-refractivity contribution in [3.05, 3.63) is 29.8 Å². The Balaban J connectivity index is 2.48. The molecule has 0 aliphatic heterocycles. The van der Waals surface area contributed by atoms with E-state index in [1.165, 1.54) is 6.92 Å². The van der Waals surface area contributed by atoms with E-state index in [9.17, 15) is 14.4 Å². The molecule has 5 nitrogen and oxygen atoms in total. The van der Waals surface area contributed by atoms with Crippen LogP contribution >= 0.6 is 0 Å². The average Bonchev–Trinajstić information content (AvgIpc) is 2.36. The van der Waals surface area contributed by atoms with E-state index in [1.54, 1.807) is 24.3 Å². The number of carbonyl (C=O) groups is 3. The summed E-state index contributed by atoms with van der Waals surface area (Å²) in [5.74, 6) is -0.694. The van der Waals surface area contributed by atoms with Crippen molar-refractivity contribution in [3.63, 3.8) is 0 Å². The lowest BCUT2D eigenvalue weighted by molar-refractivity contribution is -0.126. The van der Waals surface area contributed by atoms with Crippen LogP contribution in [0.1, 0.15) is 37.0 Å². The smallest absolute Gasteiger partial charge is 0.233 e.